The number of aliphatic hydroxyl groups is 1. The van der Waals surface area contributed by atoms with Crippen LogP contribution in [0.15, 0.2) is 48.5 Å². The quantitative estimate of drug-likeness (QED) is 0.773. The molecular weight excluding hydrogens is 314 g/mol. The van der Waals surface area contributed by atoms with Gasteiger partial charge in [0.2, 0.25) is 0 Å². The number of hydrogen-bond donors (Lipinski definition) is 2. The van der Waals surface area contributed by atoms with Gasteiger partial charge in [0.25, 0.3) is 0 Å². The van der Waals surface area contributed by atoms with Gasteiger partial charge in [-0.1, -0.05) is 42.5 Å². The fraction of sp³-hybridized carbons (Fsp3) is 0.429. The van der Waals surface area contributed by atoms with Gasteiger partial charge in [0.15, 0.2) is 0 Å². The minimum absolute atomic E-state index is 0.336. The van der Waals surface area contributed by atoms with E-state index in [0.29, 0.717) is 25.8 Å². The lowest BCUT2D eigenvalue weighted by atomic mass is 9.88. The summed E-state index contributed by atoms with van der Waals surface area (Å²) in [6.45, 7) is 1.45. The van der Waals surface area contributed by atoms with Gasteiger partial charge in [-0.25, -0.2) is 0 Å². The SMILES string of the molecule is COc1ccccc1COC[C@H](O)C[NH2+][C@@H]1CCCc2ccccc21. The highest BCUT2D eigenvalue weighted by molar-refractivity contribution is 5.32. The number of ether oxygens (including phenoxy) is 2. The molecule has 4 nitrogen and oxygen atoms in total. The first kappa shape index (κ1) is 17.9. The molecule has 0 aliphatic heterocycles. The monoisotopic (exact) mass is 342 g/mol. The molecular formula is C21H28NO3+. The molecule has 0 unspecified atom stereocenters. The molecule has 0 fully saturated rings. The molecule has 3 N–H and O–H groups in total. The van der Waals surface area contributed by atoms with Gasteiger partial charge in [0, 0.05) is 17.5 Å². The summed E-state index contributed by atoms with van der Waals surface area (Å²) in [7, 11) is 1.66. The summed E-state index contributed by atoms with van der Waals surface area (Å²) >= 11 is 0. The van der Waals surface area contributed by atoms with Gasteiger partial charge in [0.05, 0.1) is 20.3 Å². The normalized spacial score (nSPS) is 17.8. The Bertz CT molecular complexity index is 674. The average molecular weight is 342 g/mol. The summed E-state index contributed by atoms with van der Waals surface area (Å²) in [5.41, 5.74) is 3.88. The van der Waals surface area contributed by atoms with E-state index in [1.807, 2.05) is 24.3 Å². The maximum absolute atomic E-state index is 10.2. The van der Waals surface area contributed by atoms with E-state index in [-0.39, 0.29) is 0 Å². The highest BCUT2D eigenvalue weighted by atomic mass is 16.5. The second-order valence-corrected chi connectivity index (χ2v) is 6.65. The molecule has 0 amide bonds. The summed E-state index contributed by atoms with van der Waals surface area (Å²) in [6, 6.07) is 16.9. The lowest BCUT2D eigenvalue weighted by Gasteiger charge is -2.24. The zero-order valence-electron chi connectivity index (χ0n) is 14.9. The zero-order chi connectivity index (χ0) is 17.5. The van der Waals surface area contributed by atoms with Gasteiger partial charge in [-0.15, -0.1) is 0 Å². The Kier molecular flexibility index (Phi) is 6.45. The number of nitrogens with two attached hydrogens (primary N) is 1. The summed E-state index contributed by atoms with van der Waals surface area (Å²) in [5, 5.41) is 12.5. The van der Waals surface area contributed by atoms with Crippen molar-refractivity contribution in [1.29, 1.82) is 0 Å². The van der Waals surface area contributed by atoms with Crippen LogP contribution in [0, 0.1) is 0 Å². The number of rotatable bonds is 8. The maximum Gasteiger partial charge on any atom is 0.126 e. The molecule has 2 aromatic rings. The highest BCUT2D eigenvalue weighted by Gasteiger charge is 2.23. The van der Waals surface area contributed by atoms with E-state index in [9.17, 15) is 5.11 Å². The Morgan fingerprint density at radius 2 is 1.96 bits per heavy atom. The third kappa shape index (κ3) is 4.82. The number of methoxy groups -OCH3 is 1. The Hall–Kier alpha value is -1.88. The number of aryl methyl sites for hydroxylation is 1. The molecule has 1 aliphatic carbocycles. The van der Waals surface area contributed by atoms with Crippen molar-refractivity contribution in [1.82, 2.24) is 0 Å². The lowest BCUT2D eigenvalue weighted by Crippen LogP contribution is -2.87. The standard InChI is InChI=1S/C21H27NO3/c1-24-21-12-5-3-8-17(21)14-25-15-18(23)13-22-20-11-6-9-16-7-2-4-10-19(16)20/h2-5,7-8,10,12,18,20,22-23H,6,9,11,13-15H2,1H3/p+1/t18-,20-/m1/s1. The molecule has 3 rings (SSSR count). The molecule has 0 spiro atoms. The summed E-state index contributed by atoms with van der Waals surface area (Å²) < 4.78 is 11.0. The minimum Gasteiger partial charge on any atom is -0.496 e. The lowest BCUT2D eigenvalue weighted by molar-refractivity contribution is -0.703. The van der Waals surface area contributed by atoms with E-state index >= 15 is 0 Å². The number of hydrogen-bond acceptors (Lipinski definition) is 3. The first-order valence-corrected chi connectivity index (χ1v) is 9.06. The Balaban J connectivity index is 1.44. The Labute approximate surface area is 149 Å². The minimum atomic E-state index is -0.469. The molecule has 4 heteroatoms. The van der Waals surface area contributed by atoms with Gasteiger partial charge in [-0.05, 0) is 24.5 Å². The molecule has 0 bridgehead atoms. The van der Waals surface area contributed by atoms with Crippen LogP contribution in [0.25, 0.3) is 0 Å². The topological polar surface area (TPSA) is 55.3 Å². The molecule has 2 aromatic carbocycles. The van der Waals surface area contributed by atoms with Gasteiger partial charge >= 0.3 is 0 Å². The molecule has 0 saturated heterocycles. The molecule has 134 valence electrons. The molecule has 0 saturated carbocycles. The van der Waals surface area contributed by atoms with E-state index in [2.05, 4.69) is 29.6 Å². The average Bonchev–Trinajstić information content (AvgIpc) is 2.66. The molecule has 2 atom stereocenters. The molecule has 0 heterocycles. The molecule has 25 heavy (non-hydrogen) atoms. The van der Waals surface area contributed by atoms with E-state index in [4.69, 9.17) is 9.47 Å². The van der Waals surface area contributed by atoms with Crippen LogP contribution in [-0.2, 0) is 17.8 Å². The van der Waals surface area contributed by atoms with Crippen molar-refractivity contribution in [2.24, 2.45) is 0 Å². The third-order valence-electron chi connectivity index (χ3n) is 4.87. The third-order valence-corrected chi connectivity index (χ3v) is 4.87. The number of aliphatic hydroxyl groups excluding tert-OH is 1. The van der Waals surface area contributed by atoms with Gasteiger partial charge in [0.1, 0.15) is 24.4 Å². The first-order chi connectivity index (χ1) is 12.3. The van der Waals surface area contributed by atoms with Crippen LogP contribution < -0.4 is 10.1 Å². The number of quaternary nitrogens is 1. The number of benzene rings is 2. The molecule has 0 aromatic heterocycles. The van der Waals surface area contributed by atoms with Gasteiger partial charge in [-0.2, -0.15) is 0 Å². The smallest absolute Gasteiger partial charge is 0.126 e. The van der Waals surface area contributed by atoms with Gasteiger partial charge < -0.3 is 19.9 Å². The van der Waals surface area contributed by atoms with Crippen LogP contribution in [-0.4, -0.2) is 31.5 Å². The predicted molar refractivity (Wildman–Crippen MR) is 97.6 cm³/mol. The summed E-state index contributed by atoms with van der Waals surface area (Å²) in [6.07, 6.45) is 3.10. The van der Waals surface area contributed by atoms with Gasteiger partial charge in [-0.3, -0.25) is 0 Å². The molecule has 1 aliphatic rings. The van der Waals surface area contributed by atoms with Crippen LogP contribution in [0.5, 0.6) is 5.75 Å². The summed E-state index contributed by atoms with van der Waals surface area (Å²) in [4.78, 5) is 0. The first-order valence-electron chi connectivity index (χ1n) is 9.06. The highest BCUT2D eigenvalue weighted by Crippen LogP contribution is 2.26. The number of fused-ring (bicyclic) bond motifs is 1. The van der Waals surface area contributed by atoms with Crippen molar-refractivity contribution in [3.8, 4) is 5.75 Å². The van der Waals surface area contributed by atoms with Crippen molar-refractivity contribution >= 4 is 0 Å². The van der Waals surface area contributed by atoms with Crippen LogP contribution >= 0.6 is 0 Å². The van der Waals surface area contributed by atoms with Crippen molar-refractivity contribution in [2.45, 2.75) is 38.0 Å². The maximum atomic E-state index is 10.2. The zero-order valence-corrected chi connectivity index (χ0v) is 14.9. The largest absolute Gasteiger partial charge is 0.496 e. The summed E-state index contributed by atoms with van der Waals surface area (Å²) in [5.74, 6) is 0.822. The second kappa shape index (κ2) is 8.99. The van der Waals surface area contributed by atoms with E-state index < -0.39 is 6.10 Å². The van der Waals surface area contributed by atoms with Crippen LogP contribution in [0.4, 0.5) is 0 Å². The molecule has 0 radical (unpaired) electrons. The Morgan fingerprint density at radius 1 is 1.16 bits per heavy atom. The second-order valence-electron chi connectivity index (χ2n) is 6.65. The van der Waals surface area contributed by atoms with Crippen molar-refractivity contribution in [2.75, 3.05) is 20.3 Å². The van der Waals surface area contributed by atoms with Crippen molar-refractivity contribution < 1.29 is 19.9 Å². The van der Waals surface area contributed by atoms with Crippen LogP contribution in [0.3, 0.4) is 0 Å². The predicted octanol–water partition coefficient (Wildman–Crippen LogP) is 2.21. The van der Waals surface area contributed by atoms with Crippen molar-refractivity contribution in [3.05, 3.63) is 65.2 Å². The van der Waals surface area contributed by atoms with E-state index in [1.165, 1.54) is 30.4 Å². The fourth-order valence-electron chi connectivity index (χ4n) is 3.55. The Morgan fingerprint density at radius 3 is 2.84 bits per heavy atom. The van der Waals surface area contributed by atoms with E-state index in [0.717, 1.165) is 11.3 Å². The van der Waals surface area contributed by atoms with E-state index in [1.54, 1.807) is 7.11 Å². The van der Waals surface area contributed by atoms with Crippen molar-refractivity contribution in [3.63, 3.8) is 0 Å². The number of para-hydroxylation sites is 1. The van der Waals surface area contributed by atoms with Crippen LogP contribution in [0.2, 0.25) is 0 Å². The fourth-order valence-corrected chi connectivity index (χ4v) is 3.55. The van der Waals surface area contributed by atoms with Crippen LogP contribution in [0.1, 0.15) is 35.6 Å².